The van der Waals surface area contributed by atoms with E-state index in [0.717, 1.165) is 19.5 Å². The third kappa shape index (κ3) is 3.28. The minimum absolute atomic E-state index is 0.213. The number of hydrogen-bond acceptors (Lipinski definition) is 2. The summed E-state index contributed by atoms with van der Waals surface area (Å²) in [5, 5.41) is 9.85. The molecule has 1 aliphatic heterocycles. The van der Waals surface area contributed by atoms with Gasteiger partial charge in [0.25, 0.3) is 0 Å². The molecule has 1 heterocycles. The van der Waals surface area contributed by atoms with Gasteiger partial charge in [-0.1, -0.05) is 23.2 Å². The zero-order valence-electron chi connectivity index (χ0n) is 10.0. The minimum Gasteiger partial charge on any atom is -0.331 e. The van der Waals surface area contributed by atoms with Gasteiger partial charge in [-0.25, -0.2) is 4.79 Å². The molecule has 0 aliphatic carbocycles. The molecular weight excluding hydrogens is 273 g/mol. The molecule has 1 unspecified atom stereocenters. The van der Waals surface area contributed by atoms with E-state index >= 15 is 0 Å². The maximum absolute atomic E-state index is 11.9. The third-order valence-electron chi connectivity index (χ3n) is 2.96. The Morgan fingerprint density at radius 3 is 2.89 bits per heavy atom. The minimum atomic E-state index is -0.273. The summed E-state index contributed by atoms with van der Waals surface area (Å²) in [6.45, 7) is 3.69. The van der Waals surface area contributed by atoms with E-state index in [2.05, 4.69) is 16.0 Å². The first kappa shape index (κ1) is 13.5. The summed E-state index contributed by atoms with van der Waals surface area (Å²) in [5.74, 6) is 0. The van der Waals surface area contributed by atoms with E-state index in [-0.39, 0.29) is 11.6 Å². The van der Waals surface area contributed by atoms with E-state index in [1.165, 1.54) is 0 Å². The average molecular weight is 288 g/mol. The molecule has 6 heteroatoms. The van der Waals surface area contributed by atoms with Crippen LogP contribution in [0.3, 0.4) is 0 Å². The standard InChI is InChI=1S/C12H15Cl2N3O/c1-12(4-5-15-7-12)17-11(18)16-10-6-8(13)2-3-9(10)14/h2-3,6,15H,4-5,7H2,1H3,(H2,16,17,18). The monoisotopic (exact) mass is 287 g/mol. The molecule has 1 fully saturated rings. The molecule has 1 aromatic carbocycles. The molecule has 1 aliphatic rings. The maximum atomic E-state index is 11.9. The number of anilines is 1. The Labute approximate surface area is 116 Å². The van der Waals surface area contributed by atoms with Crippen LogP contribution in [0.1, 0.15) is 13.3 Å². The van der Waals surface area contributed by atoms with Gasteiger partial charge in [0.1, 0.15) is 0 Å². The van der Waals surface area contributed by atoms with Gasteiger partial charge in [-0.15, -0.1) is 0 Å². The Bertz CT molecular complexity index is 459. The second-order valence-electron chi connectivity index (χ2n) is 4.69. The Hall–Kier alpha value is -0.970. The topological polar surface area (TPSA) is 53.2 Å². The lowest BCUT2D eigenvalue weighted by Gasteiger charge is -2.24. The molecule has 1 atom stereocenters. The van der Waals surface area contributed by atoms with Crippen LogP contribution in [0.15, 0.2) is 18.2 Å². The predicted octanol–water partition coefficient (Wildman–Crippen LogP) is 2.87. The highest BCUT2D eigenvalue weighted by atomic mass is 35.5. The Morgan fingerprint density at radius 1 is 1.44 bits per heavy atom. The average Bonchev–Trinajstić information content (AvgIpc) is 2.70. The normalized spacial score (nSPS) is 22.8. The molecule has 3 N–H and O–H groups in total. The zero-order chi connectivity index (χ0) is 13.2. The molecule has 2 rings (SSSR count). The quantitative estimate of drug-likeness (QED) is 0.783. The fourth-order valence-electron chi connectivity index (χ4n) is 1.94. The van der Waals surface area contributed by atoms with Crippen LogP contribution in [0.5, 0.6) is 0 Å². The molecule has 1 aromatic rings. The number of amides is 2. The number of rotatable bonds is 2. The van der Waals surface area contributed by atoms with E-state index in [4.69, 9.17) is 23.2 Å². The fraction of sp³-hybridized carbons (Fsp3) is 0.417. The van der Waals surface area contributed by atoms with Crippen molar-refractivity contribution in [3.05, 3.63) is 28.2 Å². The number of carbonyl (C=O) groups is 1. The molecule has 0 saturated carbocycles. The van der Waals surface area contributed by atoms with Crippen LogP contribution >= 0.6 is 23.2 Å². The second-order valence-corrected chi connectivity index (χ2v) is 5.53. The lowest BCUT2D eigenvalue weighted by Crippen LogP contribution is -2.49. The molecule has 1 saturated heterocycles. The van der Waals surface area contributed by atoms with Crippen LogP contribution in [0, 0.1) is 0 Å². The van der Waals surface area contributed by atoms with E-state index in [1.54, 1.807) is 18.2 Å². The van der Waals surface area contributed by atoms with E-state index in [1.807, 2.05) is 6.92 Å². The zero-order valence-corrected chi connectivity index (χ0v) is 11.5. The van der Waals surface area contributed by atoms with Gasteiger partial charge in [0.2, 0.25) is 0 Å². The molecule has 4 nitrogen and oxygen atoms in total. The summed E-state index contributed by atoms with van der Waals surface area (Å²) in [6, 6.07) is 4.68. The maximum Gasteiger partial charge on any atom is 0.319 e. The van der Waals surface area contributed by atoms with Gasteiger partial charge in [0.15, 0.2) is 0 Å². The Balaban J connectivity index is 2.00. The first-order valence-electron chi connectivity index (χ1n) is 5.73. The van der Waals surface area contributed by atoms with Gasteiger partial charge >= 0.3 is 6.03 Å². The number of urea groups is 1. The van der Waals surface area contributed by atoms with Crippen LogP contribution in [0.25, 0.3) is 0 Å². The van der Waals surface area contributed by atoms with Gasteiger partial charge < -0.3 is 16.0 Å². The van der Waals surface area contributed by atoms with Crippen molar-refractivity contribution in [1.82, 2.24) is 10.6 Å². The molecular formula is C12H15Cl2N3O. The fourth-order valence-corrected chi connectivity index (χ4v) is 2.28. The van der Waals surface area contributed by atoms with Crippen molar-refractivity contribution < 1.29 is 4.79 Å². The summed E-state index contributed by atoms with van der Waals surface area (Å²) in [6.07, 6.45) is 0.906. The van der Waals surface area contributed by atoms with Crippen LogP contribution in [0.2, 0.25) is 10.0 Å². The van der Waals surface area contributed by atoms with Crippen LogP contribution in [-0.4, -0.2) is 24.7 Å². The van der Waals surface area contributed by atoms with Crippen LogP contribution in [0.4, 0.5) is 10.5 Å². The van der Waals surface area contributed by atoms with Gasteiger partial charge in [-0.2, -0.15) is 0 Å². The lowest BCUT2D eigenvalue weighted by molar-refractivity contribution is 0.241. The smallest absolute Gasteiger partial charge is 0.319 e. The van der Waals surface area contributed by atoms with Crippen molar-refractivity contribution >= 4 is 34.9 Å². The number of carbonyl (C=O) groups excluding carboxylic acids is 1. The summed E-state index contributed by atoms with van der Waals surface area (Å²) in [5.41, 5.74) is 0.297. The first-order valence-corrected chi connectivity index (χ1v) is 6.49. The van der Waals surface area contributed by atoms with Gasteiger partial charge in [-0.05, 0) is 38.1 Å². The summed E-state index contributed by atoms with van der Waals surface area (Å²) in [4.78, 5) is 11.9. The molecule has 0 aromatic heterocycles. The highest BCUT2D eigenvalue weighted by Crippen LogP contribution is 2.25. The molecule has 18 heavy (non-hydrogen) atoms. The first-order chi connectivity index (χ1) is 8.48. The molecule has 0 radical (unpaired) electrons. The number of nitrogens with one attached hydrogen (secondary N) is 3. The highest BCUT2D eigenvalue weighted by molar-refractivity contribution is 6.35. The molecule has 98 valence electrons. The van der Waals surface area contributed by atoms with Crippen molar-refractivity contribution in [2.45, 2.75) is 18.9 Å². The number of hydrogen-bond donors (Lipinski definition) is 3. The third-order valence-corrected chi connectivity index (χ3v) is 3.53. The van der Waals surface area contributed by atoms with Gasteiger partial charge in [0, 0.05) is 11.6 Å². The lowest BCUT2D eigenvalue weighted by atomic mass is 10.0. The van der Waals surface area contributed by atoms with Crippen molar-refractivity contribution in [1.29, 1.82) is 0 Å². The SMILES string of the molecule is CC1(NC(=O)Nc2cc(Cl)ccc2Cl)CCNC1. The Morgan fingerprint density at radius 2 is 2.22 bits per heavy atom. The van der Waals surface area contributed by atoms with Gasteiger partial charge in [-0.3, -0.25) is 0 Å². The summed E-state index contributed by atoms with van der Waals surface area (Å²) < 4.78 is 0. The largest absolute Gasteiger partial charge is 0.331 e. The van der Waals surface area contributed by atoms with Gasteiger partial charge in [0.05, 0.1) is 16.2 Å². The van der Waals surface area contributed by atoms with Crippen LogP contribution < -0.4 is 16.0 Å². The van der Waals surface area contributed by atoms with E-state index < -0.39 is 0 Å². The summed E-state index contributed by atoms with van der Waals surface area (Å²) in [7, 11) is 0. The molecule has 0 bridgehead atoms. The molecule has 0 spiro atoms. The summed E-state index contributed by atoms with van der Waals surface area (Å²) >= 11 is 11.8. The Kier molecular flexibility index (Phi) is 4.00. The molecule has 2 amide bonds. The van der Waals surface area contributed by atoms with E-state index in [9.17, 15) is 4.79 Å². The van der Waals surface area contributed by atoms with Crippen molar-refractivity contribution in [3.8, 4) is 0 Å². The van der Waals surface area contributed by atoms with Crippen molar-refractivity contribution in [3.63, 3.8) is 0 Å². The predicted molar refractivity (Wildman–Crippen MR) is 74.5 cm³/mol. The van der Waals surface area contributed by atoms with Crippen LogP contribution in [-0.2, 0) is 0 Å². The van der Waals surface area contributed by atoms with Crippen molar-refractivity contribution in [2.75, 3.05) is 18.4 Å². The second kappa shape index (κ2) is 5.34. The van der Waals surface area contributed by atoms with E-state index in [0.29, 0.717) is 15.7 Å². The highest BCUT2D eigenvalue weighted by Gasteiger charge is 2.30. The number of halogens is 2. The van der Waals surface area contributed by atoms with Crippen molar-refractivity contribution in [2.24, 2.45) is 0 Å². The number of benzene rings is 1.